The van der Waals surface area contributed by atoms with Crippen LogP contribution in [0.15, 0.2) is 28.9 Å². The van der Waals surface area contributed by atoms with Gasteiger partial charge < -0.3 is 14.2 Å². The fraction of sp³-hybridized carbons (Fsp3) is 0.591. The van der Waals surface area contributed by atoms with E-state index in [9.17, 15) is 4.79 Å². The molecule has 1 saturated heterocycles. The third kappa shape index (κ3) is 3.63. The van der Waals surface area contributed by atoms with Gasteiger partial charge in [0.25, 0.3) is 0 Å². The number of rotatable bonds is 1. The number of hydrogen-bond donors (Lipinski definition) is 0. The van der Waals surface area contributed by atoms with Crippen LogP contribution in [-0.2, 0) is 4.74 Å². The van der Waals surface area contributed by atoms with E-state index in [1.165, 1.54) is 29.3 Å². The number of fused-ring (bicyclic) bond motifs is 1. The summed E-state index contributed by atoms with van der Waals surface area (Å²) < 4.78 is 9.14. The number of benzene rings is 1. The first kappa shape index (κ1) is 18.9. The predicted octanol–water partition coefficient (Wildman–Crippen LogP) is 6.06. The van der Waals surface area contributed by atoms with Crippen LogP contribution < -0.4 is 0 Å². The van der Waals surface area contributed by atoms with E-state index in [-0.39, 0.29) is 6.09 Å². The van der Waals surface area contributed by atoms with Gasteiger partial charge in [0.1, 0.15) is 5.60 Å². The number of aryl methyl sites for hydroxylation is 1. The van der Waals surface area contributed by atoms with Crippen LogP contribution in [0.3, 0.4) is 0 Å². The number of piperidine rings is 1. The lowest BCUT2D eigenvalue weighted by Crippen LogP contribution is -2.50. The number of nitrogens with zero attached hydrogens (tertiary/aromatic N) is 2. The summed E-state index contributed by atoms with van der Waals surface area (Å²) in [6.45, 7) is 9.61. The van der Waals surface area contributed by atoms with Gasteiger partial charge in [0.15, 0.2) is 0 Å². The molecule has 1 aliphatic heterocycles. The summed E-state index contributed by atoms with van der Waals surface area (Å²) >= 11 is 3.58. The maximum atomic E-state index is 12.3. The Morgan fingerprint density at radius 1 is 1.22 bits per heavy atom. The highest BCUT2D eigenvalue weighted by Crippen LogP contribution is 2.55. The van der Waals surface area contributed by atoms with Crippen molar-refractivity contribution in [3.8, 4) is 0 Å². The normalized spacial score (nSPS) is 20.1. The van der Waals surface area contributed by atoms with E-state index in [1.54, 1.807) is 0 Å². The van der Waals surface area contributed by atoms with Gasteiger partial charge in [-0.2, -0.15) is 0 Å². The van der Waals surface area contributed by atoms with Crippen LogP contribution in [0.2, 0.25) is 0 Å². The van der Waals surface area contributed by atoms with Crippen LogP contribution in [0.1, 0.15) is 58.1 Å². The van der Waals surface area contributed by atoms with E-state index >= 15 is 0 Å². The van der Waals surface area contributed by atoms with E-state index < -0.39 is 5.60 Å². The molecule has 27 heavy (non-hydrogen) atoms. The highest BCUT2D eigenvalue weighted by atomic mass is 79.9. The van der Waals surface area contributed by atoms with Gasteiger partial charge in [-0.1, -0.05) is 15.9 Å². The first-order valence-electron chi connectivity index (χ1n) is 9.90. The Bertz CT molecular complexity index is 864. The van der Waals surface area contributed by atoms with Crippen molar-refractivity contribution in [2.24, 2.45) is 5.41 Å². The number of carbonyl (C=O) groups excluding carboxylic acids is 1. The van der Waals surface area contributed by atoms with Gasteiger partial charge in [0.05, 0.1) is 0 Å². The molecule has 2 aromatic rings. The minimum Gasteiger partial charge on any atom is -0.444 e. The van der Waals surface area contributed by atoms with Gasteiger partial charge in [-0.25, -0.2) is 4.79 Å². The fourth-order valence-electron chi connectivity index (χ4n) is 4.73. The summed E-state index contributed by atoms with van der Waals surface area (Å²) in [6.07, 6.45) is 6.76. The Hall–Kier alpha value is -1.49. The van der Waals surface area contributed by atoms with Crippen molar-refractivity contribution in [1.29, 1.82) is 0 Å². The molecule has 1 aromatic carbocycles. The third-order valence-electron chi connectivity index (χ3n) is 6.20. The highest BCUT2D eigenvalue weighted by molar-refractivity contribution is 9.10. The van der Waals surface area contributed by atoms with Crippen molar-refractivity contribution in [2.75, 3.05) is 13.1 Å². The van der Waals surface area contributed by atoms with Gasteiger partial charge in [0.2, 0.25) is 0 Å². The molecule has 0 N–H and O–H groups in total. The zero-order chi connectivity index (χ0) is 19.4. The second-order valence-electron chi connectivity index (χ2n) is 9.41. The SMILES string of the molecule is Cc1cn(C2CC3(CCN(C(=O)OC(C)(C)C)CC3)C2)c2ccc(Br)cc12. The van der Waals surface area contributed by atoms with Crippen molar-refractivity contribution in [1.82, 2.24) is 9.47 Å². The van der Waals surface area contributed by atoms with E-state index in [0.29, 0.717) is 11.5 Å². The Morgan fingerprint density at radius 2 is 1.89 bits per heavy atom. The van der Waals surface area contributed by atoms with Gasteiger partial charge in [-0.3, -0.25) is 0 Å². The molecule has 1 amide bonds. The first-order chi connectivity index (χ1) is 12.7. The monoisotopic (exact) mass is 432 g/mol. The number of carbonyl (C=O) groups is 1. The predicted molar refractivity (Wildman–Crippen MR) is 112 cm³/mol. The number of amides is 1. The molecule has 0 radical (unpaired) electrons. The molecule has 1 aliphatic carbocycles. The summed E-state index contributed by atoms with van der Waals surface area (Å²) in [5.74, 6) is 0. The molecular formula is C22H29BrN2O2. The lowest BCUT2D eigenvalue weighted by molar-refractivity contribution is -0.0225. The van der Waals surface area contributed by atoms with Crippen molar-refractivity contribution in [3.05, 3.63) is 34.4 Å². The van der Waals surface area contributed by atoms with E-state index in [2.05, 4.69) is 51.8 Å². The smallest absolute Gasteiger partial charge is 0.410 e. The molecule has 5 heteroatoms. The van der Waals surface area contributed by atoms with E-state index in [0.717, 1.165) is 30.4 Å². The van der Waals surface area contributed by atoms with Gasteiger partial charge in [-0.05, 0) is 82.6 Å². The first-order valence-corrected chi connectivity index (χ1v) is 10.7. The summed E-state index contributed by atoms with van der Waals surface area (Å²) in [5.41, 5.74) is 2.66. The highest BCUT2D eigenvalue weighted by Gasteiger charge is 2.47. The van der Waals surface area contributed by atoms with Crippen LogP contribution in [0, 0.1) is 12.3 Å². The van der Waals surface area contributed by atoms with Crippen molar-refractivity contribution in [2.45, 2.75) is 65.0 Å². The Morgan fingerprint density at radius 3 is 2.52 bits per heavy atom. The summed E-state index contributed by atoms with van der Waals surface area (Å²) in [5, 5.41) is 1.34. The Balaban J connectivity index is 1.40. The van der Waals surface area contributed by atoms with Crippen molar-refractivity contribution >= 4 is 32.9 Å². The Kier molecular flexibility index (Phi) is 4.57. The third-order valence-corrected chi connectivity index (χ3v) is 6.69. The quantitative estimate of drug-likeness (QED) is 0.548. The number of aromatic nitrogens is 1. The topological polar surface area (TPSA) is 34.5 Å². The van der Waals surface area contributed by atoms with Crippen molar-refractivity contribution < 1.29 is 9.53 Å². The lowest BCUT2D eigenvalue weighted by Gasteiger charge is -2.52. The number of hydrogen-bond acceptors (Lipinski definition) is 2. The number of likely N-dealkylation sites (tertiary alicyclic amines) is 1. The summed E-state index contributed by atoms with van der Waals surface area (Å²) in [6, 6.07) is 7.15. The van der Waals surface area contributed by atoms with Crippen molar-refractivity contribution in [3.63, 3.8) is 0 Å². The number of halogens is 1. The molecule has 146 valence electrons. The average Bonchev–Trinajstić information content (AvgIpc) is 2.87. The molecule has 4 rings (SSSR count). The molecule has 2 heterocycles. The van der Waals surface area contributed by atoms with Crippen LogP contribution in [0.25, 0.3) is 10.9 Å². The minimum atomic E-state index is -0.421. The van der Waals surface area contributed by atoms with Crippen LogP contribution >= 0.6 is 15.9 Å². The van der Waals surface area contributed by atoms with Crippen LogP contribution in [0.5, 0.6) is 0 Å². The second kappa shape index (κ2) is 6.54. The van der Waals surface area contributed by atoms with Gasteiger partial charge in [0, 0.05) is 40.7 Å². The lowest BCUT2D eigenvalue weighted by atomic mass is 9.60. The minimum absolute atomic E-state index is 0.161. The summed E-state index contributed by atoms with van der Waals surface area (Å²) in [4.78, 5) is 14.2. The standard InChI is InChI=1S/C22H29BrN2O2/c1-15-14-25(19-6-5-16(23)11-18(15)19)17-12-22(13-17)7-9-24(10-8-22)20(26)27-21(2,3)4/h5-6,11,14,17H,7-10,12-13H2,1-4H3. The molecule has 0 atom stereocenters. The molecule has 1 saturated carbocycles. The molecule has 1 aromatic heterocycles. The second-order valence-corrected chi connectivity index (χ2v) is 10.3. The molecule has 0 unspecified atom stereocenters. The van der Waals surface area contributed by atoms with Gasteiger partial charge >= 0.3 is 6.09 Å². The largest absolute Gasteiger partial charge is 0.444 e. The van der Waals surface area contributed by atoms with Crippen LogP contribution in [0.4, 0.5) is 4.79 Å². The van der Waals surface area contributed by atoms with Gasteiger partial charge in [-0.15, -0.1) is 0 Å². The molecule has 1 spiro atoms. The molecular weight excluding hydrogens is 404 g/mol. The maximum absolute atomic E-state index is 12.3. The van der Waals surface area contributed by atoms with Crippen LogP contribution in [-0.4, -0.2) is 34.3 Å². The maximum Gasteiger partial charge on any atom is 0.410 e. The molecule has 4 nitrogen and oxygen atoms in total. The zero-order valence-electron chi connectivity index (χ0n) is 16.7. The molecule has 2 fully saturated rings. The molecule has 2 aliphatic rings. The Labute approximate surface area is 170 Å². The van der Waals surface area contributed by atoms with E-state index in [4.69, 9.17) is 4.74 Å². The summed E-state index contributed by atoms with van der Waals surface area (Å²) in [7, 11) is 0. The molecule has 0 bridgehead atoms. The number of ether oxygens (including phenoxy) is 1. The fourth-order valence-corrected chi connectivity index (χ4v) is 5.10. The van der Waals surface area contributed by atoms with E-state index in [1.807, 2.05) is 25.7 Å². The average molecular weight is 433 g/mol. The zero-order valence-corrected chi connectivity index (χ0v) is 18.3.